The highest BCUT2D eigenvalue weighted by atomic mass is 32.2. The molecule has 140 valence electrons. The van der Waals surface area contributed by atoms with Gasteiger partial charge >= 0.3 is 0 Å². The Morgan fingerprint density at radius 1 is 1.22 bits per heavy atom. The van der Waals surface area contributed by atoms with Crippen molar-refractivity contribution in [2.45, 2.75) is 30.3 Å². The molecule has 2 aromatic heterocycles. The fourth-order valence-corrected chi connectivity index (χ4v) is 5.73. The fraction of sp³-hybridized carbons (Fsp3) is 0.368. The molecule has 7 nitrogen and oxygen atoms in total. The minimum Gasteiger partial charge on any atom is -0.376 e. The van der Waals surface area contributed by atoms with Crippen molar-refractivity contribution < 1.29 is 13.2 Å². The van der Waals surface area contributed by atoms with Crippen LogP contribution in [0.4, 0.5) is 0 Å². The minimum absolute atomic E-state index is 0.0874. The molecule has 0 bridgehead atoms. The van der Waals surface area contributed by atoms with Crippen molar-refractivity contribution >= 4 is 20.9 Å². The Morgan fingerprint density at radius 3 is 3.04 bits per heavy atom. The van der Waals surface area contributed by atoms with Crippen molar-refractivity contribution in [2.75, 3.05) is 19.7 Å². The minimum atomic E-state index is -3.61. The number of ether oxygens (including phenoxy) is 1. The van der Waals surface area contributed by atoms with Crippen LogP contribution in [0.2, 0.25) is 0 Å². The molecular weight excluding hydrogens is 364 g/mol. The molecule has 5 rings (SSSR count). The number of fused-ring (bicyclic) bond motifs is 2. The number of aromatic amines is 1. The molecule has 0 spiro atoms. The maximum atomic E-state index is 13.3. The van der Waals surface area contributed by atoms with E-state index in [-0.39, 0.29) is 10.8 Å². The van der Waals surface area contributed by atoms with Crippen molar-refractivity contribution in [1.82, 2.24) is 19.5 Å². The monoisotopic (exact) mass is 384 g/mol. The summed E-state index contributed by atoms with van der Waals surface area (Å²) >= 11 is 0. The molecule has 3 aromatic rings. The van der Waals surface area contributed by atoms with Crippen LogP contribution in [0.15, 0.2) is 41.4 Å². The van der Waals surface area contributed by atoms with Crippen molar-refractivity contribution in [2.24, 2.45) is 0 Å². The molecule has 2 aliphatic heterocycles. The number of benzene rings is 1. The normalized spacial score (nSPS) is 20.8. The number of H-pyrrole nitrogens is 1. The molecule has 1 fully saturated rings. The molecule has 1 atom stereocenters. The number of pyridine rings is 1. The SMILES string of the molecule is O=S(=O)(c1cccc2cccnc12)N1CCC(c2n[nH]c3c2COCC3)C1. The molecule has 1 aromatic carbocycles. The Kier molecular flexibility index (Phi) is 3.99. The van der Waals surface area contributed by atoms with Crippen LogP contribution in [0.5, 0.6) is 0 Å². The average molecular weight is 384 g/mol. The van der Waals surface area contributed by atoms with Crippen LogP contribution in [-0.4, -0.2) is 47.6 Å². The molecule has 0 saturated carbocycles. The Morgan fingerprint density at radius 2 is 2.11 bits per heavy atom. The molecule has 2 aliphatic rings. The van der Waals surface area contributed by atoms with E-state index < -0.39 is 10.0 Å². The number of para-hydroxylation sites is 1. The Balaban J connectivity index is 1.46. The van der Waals surface area contributed by atoms with Gasteiger partial charge in [0.05, 0.1) is 24.4 Å². The van der Waals surface area contributed by atoms with Gasteiger partial charge in [-0.1, -0.05) is 18.2 Å². The smallest absolute Gasteiger partial charge is 0.245 e. The van der Waals surface area contributed by atoms with Gasteiger partial charge in [0.2, 0.25) is 10.0 Å². The molecular formula is C19H20N4O3S. The highest BCUT2D eigenvalue weighted by Gasteiger charge is 2.36. The highest BCUT2D eigenvalue weighted by molar-refractivity contribution is 7.89. The lowest BCUT2D eigenvalue weighted by molar-refractivity contribution is 0.109. The van der Waals surface area contributed by atoms with Gasteiger partial charge in [0.15, 0.2) is 0 Å². The van der Waals surface area contributed by atoms with Crippen LogP contribution in [-0.2, 0) is 27.8 Å². The number of aromatic nitrogens is 3. The van der Waals surface area contributed by atoms with Crippen LogP contribution < -0.4 is 0 Å². The third-order valence-corrected chi connectivity index (χ3v) is 7.38. The van der Waals surface area contributed by atoms with Gasteiger partial charge in [-0.15, -0.1) is 0 Å². The van der Waals surface area contributed by atoms with E-state index in [1.54, 1.807) is 22.6 Å². The second-order valence-electron chi connectivity index (χ2n) is 7.05. The molecule has 0 amide bonds. The van der Waals surface area contributed by atoms with Crippen molar-refractivity contribution in [1.29, 1.82) is 0 Å². The Hall–Kier alpha value is -2.29. The zero-order chi connectivity index (χ0) is 18.4. The van der Waals surface area contributed by atoms with E-state index in [9.17, 15) is 8.42 Å². The largest absolute Gasteiger partial charge is 0.376 e. The second-order valence-corrected chi connectivity index (χ2v) is 8.95. The van der Waals surface area contributed by atoms with E-state index in [1.807, 2.05) is 18.2 Å². The predicted octanol–water partition coefficient (Wildman–Crippen LogP) is 2.21. The van der Waals surface area contributed by atoms with Gasteiger partial charge in [-0.25, -0.2) is 8.42 Å². The summed E-state index contributed by atoms with van der Waals surface area (Å²) in [6.07, 6.45) is 3.22. The Bertz CT molecular complexity index is 1100. The summed E-state index contributed by atoms with van der Waals surface area (Å²) in [5.41, 5.74) is 3.71. The van der Waals surface area contributed by atoms with Crippen molar-refractivity contribution in [3.05, 3.63) is 53.5 Å². The van der Waals surface area contributed by atoms with Gasteiger partial charge in [0, 0.05) is 48.3 Å². The third kappa shape index (κ3) is 2.75. The lowest BCUT2D eigenvalue weighted by Gasteiger charge is -2.18. The predicted molar refractivity (Wildman–Crippen MR) is 99.8 cm³/mol. The first-order valence-corrected chi connectivity index (χ1v) is 10.6. The van der Waals surface area contributed by atoms with Crippen LogP contribution in [0.1, 0.15) is 29.3 Å². The lowest BCUT2D eigenvalue weighted by Crippen LogP contribution is -2.29. The number of nitrogens with zero attached hydrogens (tertiary/aromatic N) is 3. The standard InChI is InChI=1S/C19H20N4O3S/c24-27(25,17-5-1-3-13-4-2-8-20-19(13)17)23-9-6-14(11-23)18-15-12-26-10-7-16(15)21-22-18/h1-5,8,14H,6-7,9-12H2,(H,21,22). The van der Waals surface area contributed by atoms with Crippen molar-refractivity contribution in [3.8, 4) is 0 Å². The summed E-state index contributed by atoms with van der Waals surface area (Å²) in [5, 5.41) is 8.41. The van der Waals surface area contributed by atoms with Gasteiger partial charge in [-0.2, -0.15) is 9.40 Å². The van der Waals surface area contributed by atoms with Crippen LogP contribution in [0.25, 0.3) is 10.9 Å². The maximum absolute atomic E-state index is 13.3. The first-order chi connectivity index (χ1) is 13.1. The van der Waals surface area contributed by atoms with Gasteiger partial charge in [-0.3, -0.25) is 10.1 Å². The second kappa shape index (κ2) is 6.40. The molecule has 1 saturated heterocycles. The summed E-state index contributed by atoms with van der Waals surface area (Å²) in [5.74, 6) is 0.0874. The first-order valence-electron chi connectivity index (χ1n) is 9.12. The molecule has 1 unspecified atom stereocenters. The summed E-state index contributed by atoms with van der Waals surface area (Å²) in [6, 6.07) is 8.98. The fourth-order valence-electron chi connectivity index (χ4n) is 4.06. The number of sulfonamides is 1. The molecule has 8 heteroatoms. The van der Waals surface area contributed by atoms with Gasteiger partial charge in [0.1, 0.15) is 4.90 Å². The number of hydrogen-bond donors (Lipinski definition) is 1. The number of hydrogen-bond acceptors (Lipinski definition) is 5. The van der Waals surface area contributed by atoms with Crippen LogP contribution >= 0.6 is 0 Å². The lowest BCUT2D eigenvalue weighted by atomic mass is 9.98. The highest BCUT2D eigenvalue weighted by Crippen LogP contribution is 2.35. The van der Waals surface area contributed by atoms with Crippen molar-refractivity contribution in [3.63, 3.8) is 0 Å². The topological polar surface area (TPSA) is 88.2 Å². The molecule has 1 N–H and O–H groups in total. The first kappa shape index (κ1) is 16.9. The van der Waals surface area contributed by atoms with E-state index in [0.29, 0.717) is 31.8 Å². The molecule has 0 radical (unpaired) electrons. The van der Waals surface area contributed by atoms with E-state index in [1.165, 1.54) is 0 Å². The third-order valence-electron chi connectivity index (χ3n) is 5.48. The zero-order valence-electron chi connectivity index (χ0n) is 14.8. The van der Waals surface area contributed by atoms with Crippen LogP contribution in [0, 0.1) is 0 Å². The van der Waals surface area contributed by atoms with E-state index in [0.717, 1.165) is 35.2 Å². The maximum Gasteiger partial charge on any atom is 0.245 e. The molecule has 4 heterocycles. The van der Waals surface area contributed by atoms with Gasteiger partial charge in [0.25, 0.3) is 0 Å². The number of nitrogens with one attached hydrogen (secondary N) is 1. The summed E-state index contributed by atoms with van der Waals surface area (Å²) in [6.45, 7) is 2.17. The summed E-state index contributed by atoms with van der Waals surface area (Å²) < 4.78 is 33.7. The van der Waals surface area contributed by atoms with E-state index >= 15 is 0 Å². The Labute approximate surface area is 157 Å². The van der Waals surface area contributed by atoms with E-state index in [4.69, 9.17) is 4.74 Å². The molecule has 0 aliphatic carbocycles. The van der Waals surface area contributed by atoms with Crippen LogP contribution in [0.3, 0.4) is 0 Å². The van der Waals surface area contributed by atoms with Gasteiger partial charge < -0.3 is 4.74 Å². The zero-order valence-corrected chi connectivity index (χ0v) is 15.6. The summed E-state index contributed by atoms with van der Waals surface area (Å²) in [7, 11) is -3.61. The quantitative estimate of drug-likeness (QED) is 0.748. The van der Waals surface area contributed by atoms with E-state index in [2.05, 4.69) is 15.2 Å². The van der Waals surface area contributed by atoms with Gasteiger partial charge in [-0.05, 0) is 18.6 Å². The molecule has 27 heavy (non-hydrogen) atoms. The average Bonchev–Trinajstić information content (AvgIpc) is 3.34. The summed E-state index contributed by atoms with van der Waals surface area (Å²) in [4.78, 5) is 4.58. The number of rotatable bonds is 3.